The minimum absolute atomic E-state index is 0.106. The molecule has 0 heterocycles. The molecule has 0 fully saturated rings. The Morgan fingerprint density at radius 2 is 1.96 bits per heavy atom. The van der Waals surface area contributed by atoms with Gasteiger partial charge < -0.3 is 9.53 Å². The maximum absolute atomic E-state index is 12.9. The Morgan fingerprint density at radius 1 is 1.28 bits per heavy atom. The summed E-state index contributed by atoms with van der Waals surface area (Å²) in [4.78, 5) is 35.2. The minimum Gasteiger partial charge on any atom is -0.465 e. The lowest BCUT2D eigenvalue weighted by atomic mass is 9.81. The topological polar surface area (TPSA) is 60.4 Å². The van der Waals surface area contributed by atoms with Gasteiger partial charge in [-0.3, -0.25) is 9.59 Å². The summed E-state index contributed by atoms with van der Waals surface area (Å²) in [6.45, 7) is 3.18. The summed E-state index contributed by atoms with van der Waals surface area (Å²) < 4.78 is 43.8. The van der Waals surface area contributed by atoms with Crippen molar-refractivity contribution >= 4 is 18.0 Å². The van der Waals surface area contributed by atoms with E-state index in [9.17, 15) is 27.6 Å². The van der Waals surface area contributed by atoms with Crippen LogP contribution < -0.4 is 0 Å². The number of Topliss-reactive ketones (excluding diaryl/α,β-unsaturated/α-hetero) is 1. The molecular weight excluding hydrogens is 337 g/mol. The number of hydrogen-bond acceptors (Lipinski definition) is 4. The molecule has 7 heteroatoms. The van der Waals surface area contributed by atoms with Crippen LogP contribution in [0.25, 0.3) is 0 Å². The van der Waals surface area contributed by atoms with Crippen LogP contribution in [0.15, 0.2) is 24.3 Å². The van der Waals surface area contributed by atoms with Crippen molar-refractivity contribution in [1.29, 1.82) is 0 Å². The summed E-state index contributed by atoms with van der Waals surface area (Å²) in [5.74, 6) is -3.67. The van der Waals surface area contributed by atoms with Gasteiger partial charge in [-0.05, 0) is 25.0 Å². The van der Waals surface area contributed by atoms with Gasteiger partial charge in [0.25, 0.3) is 0 Å². The fourth-order valence-electron chi connectivity index (χ4n) is 2.53. The Kier molecular flexibility index (Phi) is 7.80. The number of rotatable bonds is 9. The molecule has 0 amide bonds. The lowest BCUT2D eigenvalue weighted by Gasteiger charge is -2.23. The summed E-state index contributed by atoms with van der Waals surface area (Å²) in [5, 5.41) is 0. The third-order valence-electron chi connectivity index (χ3n) is 3.83. The van der Waals surface area contributed by atoms with Crippen LogP contribution in [0.4, 0.5) is 13.2 Å². The van der Waals surface area contributed by atoms with E-state index in [1.54, 1.807) is 0 Å². The molecule has 0 radical (unpaired) electrons. The second kappa shape index (κ2) is 9.34. The van der Waals surface area contributed by atoms with Crippen LogP contribution in [-0.2, 0) is 25.3 Å². The highest BCUT2D eigenvalue weighted by Crippen LogP contribution is 2.35. The van der Waals surface area contributed by atoms with Crippen molar-refractivity contribution in [3.8, 4) is 0 Å². The molecular formula is C18H21F3O4. The Balaban J connectivity index is 3.19. The molecule has 0 N–H and O–H groups in total. The molecule has 0 aromatic heterocycles. The van der Waals surface area contributed by atoms with Crippen molar-refractivity contribution in [3.63, 3.8) is 0 Å². The first-order valence-electron chi connectivity index (χ1n) is 8.00. The van der Waals surface area contributed by atoms with Crippen molar-refractivity contribution in [2.75, 3.05) is 6.61 Å². The highest BCUT2D eigenvalue weighted by atomic mass is 19.4. The van der Waals surface area contributed by atoms with Crippen molar-refractivity contribution in [2.45, 2.75) is 45.2 Å². The Bertz CT molecular complexity index is 611. The first-order chi connectivity index (χ1) is 11.7. The molecule has 2 atom stereocenters. The number of aldehydes is 1. The van der Waals surface area contributed by atoms with E-state index in [0.717, 1.165) is 25.5 Å². The van der Waals surface area contributed by atoms with Crippen molar-refractivity contribution < 1.29 is 32.3 Å². The van der Waals surface area contributed by atoms with E-state index >= 15 is 0 Å². The van der Waals surface area contributed by atoms with Crippen molar-refractivity contribution in [1.82, 2.24) is 0 Å². The monoisotopic (exact) mass is 358 g/mol. The highest BCUT2D eigenvalue weighted by molar-refractivity contribution is 5.99. The van der Waals surface area contributed by atoms with Gasteiger partial charge in [0.15, 0.2) is 0 Å². The normalized spacial score (nSPS) is 13.8. The maximum atomic E-state index is 12.9. The quantitative estimate of drug-likeness (QED) is 0.290. The number of ether oxygens (including phenoxy) is 1. The van der Waals surface area contributed by atoms with Gasteiger partial charge in [0.2, 0.25) is 0 Å². The minimum atomic E-state index is -4.56. The smallest absolute Gasteiger partial charge is 0.416 e. The van der Waals surface area contributed by atoms with Gasteiger partial charge >= 0.3 is 12.1 Å². The first-order valence-corrected chi connectivity index (χ1v) is 8.00. The van der Waals surface area contributed by atoms with Crippen LogP contribution in [0.5, 0.6) is 0 Å². The Labute approximate surface area is 144 Å². The van der Waals surface area contributed by atoms with Crippen LogP contribution >= 0.6 is 0 Å². The van der Waals surface area contributed by atoms with E-state index in [1.165, 1.54) is 12.1 Å². The number of ketones is 1. The van der Waals surface area contributed by atoms with Crippen LogP contribution in [0.1, 0.15) is 50.2 Å². The van der Waals surface area contributed by atoms with E-state index in [4.69, 9.17) is 4.74 Å². The van der Waals surface area contributed by atoms with Crippen LogP contribution in [0, 0.1) is 5.92 Å². The largest absolute Gasteiger partial charge is 0.465 e. The van der Waals surface area contributed by atoms with E-state index < -0.39 is 35.3 Å². The number of hydrogen-bond donors (Lipinski definition) is 0. The summed E-state index contributed by atoms with van der Waals surface area (Å²) in [6.07, 6.45) is -2.94. The average molecular weight is 358 g/mol. The van der Waals surface area contributed by atoms with Crippen molar-refractivity contribution in [3.05, 3.63) is 35.4 Å². The second-order valence-corrected chi connectivity index (χ2v) is 5.74. The number of esters is 1. The SMILES string of the molecule is CCCCOC(=O)C(C(C)=O)[C@@H](CC=O)c1cccc(C(F)(F)F)c1. The summed E-state index contributed by atoms with van der Waals surface area (Å²) in [6, 6.07) is 4.32. The molecule has 0 aliphatic carbocycles. The van der Waals surface area contributed by atoms with Crippen molar-refractivity contribution in [2.24, 2.45) is 5.92 Å². The van der Waals surface area contributed by atoms with E-state index in [2.05, 4.69) is 0 Å². The van der Waals surface area contributed by atoms with Gasteiger partial charge in [-0.2, -0.15) is 13.2 Å². The number of alkyl halides is 3. The molecule has 0 saturated heterocycles. The third kappa shape index (κ3) is 5.99. The summed E-state index contributed by atoms with van der Waals surface area (Å²) in [5.41, 5.74) is -0.794. The molecule has 1 unspecified atom stereocenters. The number of halogens is 3. The zero-order valence-corrected chi connectivity index (χ0v) is 14.1. The lowest BCUT2D eigenvalue weighted by Crippen LogP contribution is -2.31. The van der Waals surface area contributed by atoms with Gasteiger partial charge in [-0.1, -0.05) is 31.5 Å². The molecule has 138 valence electrons. The molecule has 0 aliphatic rings. The predicted molar refractivity (Wildman–Crippen MR) is 84.9 cm³/mol. The summed E-state index contributed by atoms with van der Waals surface area (Å²) in [7, 11) is 0. The Hall–Kier alpha value is -2.18. The number of unbranched alkanes of at least 4 members (excludes halogenated alkanes) is 1. The zero-order valence-electron chi connectivity index (χ0n) is 14.1. The molecule has 0 bridgehead atoms. The van der Waals surface area contributed by atoms with Crippen LogP contribution in [0.3, 0.4) is 0 Å². The molecule has 1 rings (SSSR count). The summed E-state index contributed by atoms with van der Waals surface area (Å²) >= 11 is 0. The fourth-order valence-corrected chi connectivity index (χ4v) is 2.53. The first kappa shape index (κ1) is 20.9. The van der Waals surface area contributed by atoms with E-state index in [1.807, 2.05) is 6.92 Å². The van der Waals surface area contributed by atoms with Crippen LogP contribution in [0.2, 0.25) is 0 Å². The molecule has 25 heavy (non-hydrogen) atoms. The fraction of sp³-hybridized carbons (Fsp3) is 0.500. The second-order valence-electron chi connectivity index (χ2n) is 5.74. The van der Waals surface area contributed by atoms with Gasteiger partial charge in [-0.25, -0.2) is 0 Å². The number of carbonyl (C=O) groups is 3. The van der Waals surface area contributed by atoms with Gasteiger partial charge in [0, 0.05) is 12.3 Å². The molecule has 0 aliphatic heterocycles. The van der Waals surface area contributed by atoms with Gasteiger partial charge in [-0.15, -0.1) is 0 Å². The lowest BCUT2D eigenvalue weighted by molar-refractivity contribution is -0.152. The molecule has 0 saturated carbocycles. The van der Waals surface area contributed by atoms with Gasteiger partial charge in [0.05, 0.1) is 12.2 Å². The molecule has 1 aromatic carbocycles. The standard InChI is InChI=1S/C18H21F3O4/c1-3-4-10-25-17(24)16(12(2)23)15(8-9-22)13-6-5-7-14(11-13)18(19,20)21/h5-7,9,11,15-16H,3-4,8,10H2,1-2H3/t15-,16?/m0/s1. The molecule has 0 spiro atoms. The third-order valence-corrected chi connectivity index (χ3v) is 3.83. The predicted octanol–water partition coefficient (Wildman–Crippen LogP) is 3.93. The van der Waals surface area contributed by atoms with E-state index in [0.29, 0.717) is 12.7 Å². The van der Waals surface area contributed by atoms with E-state index in [-0.39, 0.29) is 18.6 Å². The zero-order chi connectivity index (χ0) is 19.0. The number of carbonyl (C=O) groups excluding carboxylic acids is 3. The van der Waals surface area contributed by atoms with Gasteiger partial charge in [0.1, 0.15) is 18.0 Å². The molecule has 4 nitrogen and oxygen atoms in total. The average Bonchev–Trinajstić information content (AvgIpc) is 2.53. The maximum Gasteiger partial charge on any atom is 0.416 e. The number of benzene rings is 1. The Morgan fingerprint density at radius 3 is 2.48 bits per heavy atom. The highest BCUT2D eigenvalue weighted by Gasteiger charge is 2.36. The molecule has 1 aromatic rings. The van der Waals surface area contributed by atoms with Crippen LogP contribution in [-0.4, -0.2) is 24.6 Å².